The minimum Gasteiger partial charge on any atom is -0.493 e. The van der Waals surface area contributed by atoms with Crippen LogP contribution in [0.2, 0.25) is 0 Å². The zero-order valence-electron chi connectivity index (χ0n) is 17.6. The maximum absolute atomic E-state index is 12.3. The van der Waals surface area contributed by atoms with Crippen LogP contribution in [0.5, 0.6) is 11.5 Å². The van der Waals surface area contributed by atoms with E-state index in [2.05, 4.69) is 9.93 Å². The summed E-state index contributed by atoms with van der Waals surface area (Å²) in [4.78, 5) is 14.4. The standard InChI is InChI=1S/C24H22N2O5S/c1-18-8-12-21(13-9-18)32(28,29)26-25-17-20-10-14-22(23(16-20)30-2)31-24(27)15-11-19-6-4-3-5-7-19/h3-17,26H,1-2H3/b15-11+,25-17-. The molecule has 0 aliphatic carbocycles. The van der Waals surface area contributed by atoms with Crippen molar-refractivity contribution in [1.82, 2.24) is 4.83 Å². The number of benzene rings is 3. The minimum atomic E-state index is -3.77. The molecule has 0 radical (unpaired) electrons. The van der Waals surface area contributed by atoms with Gasteiger partial charge in [0.05, 0.1) is 18.2 Å². The van der Waals surface area contributed by atoms with Crippen LogP contribution in [0.25, 0.3) is 6.08 Å². The quantitative estimate of drug-likeness (QED) is 0.184. The lowest BCUT2D eigenvalue weighted by atomic mass is 10.2. The summed E-state index contributed by atoms with van der Waals surface area (Å²) in [7, 11) is -2.33. The highest BCUT2D eigenvalue weighted by Gasteiger charge is 2.12. The van der Waals surface area contributed by atoms with Gasteiger partial charge in [-0.1, -0.05) is 48.0 Å². The van der Waals surface area contributed by atoms with E-state index in [0.29, 0.717) is 11.3 Å². The van der Waals surface area contributed by atoms with Crippen LogP contribution in [-0.2, 0) is 14.8 Å². The van der Waals surface area contributed by atoms with Gasteiger partial charge >= 0.3 is 5.97 Å². The highest BCUT2D eigenvalue weighted by Crippen LogP contribution is 2.28. The van der Waals surface area contributed by atoms with Gasteiger partial charge in [-0.3, -0.25) is 0 Å². The summed E-state index contributed by atoms with van der Waals surface area (Å²) in [5.74, 6) is -0.0242. The average Bonchev–Trinajstić information content (AvgIpc) is 2.79. The molecule has 0 atom stereocenters. The number of carbonyl (C=O) groups excluding carboxylic acids is 1. The molecule has 0 amide bonds. The van der Waals surface area contributed by atoms with Crippen molar-refractivity contribution in [2.75, 3.05) is 7.11 Å². The molecule has 8 heteroatoms. The molecule has 0 saturated carbocycles. The number of hydrogen-bond acceptors (Lipinski definition) is 6. The topological polar surface area (TPSA) is 94.1 Å². The molecule has 0 aliphatic heterocycles. The van der Waals surface area contributed by atoms with Gasteiger partial charge in [-0.2, -0.15) is 13.5 Å². The molecular weight excluding hydrogens is 428 g/mol. The van der Waals surface area contributed by atoms with Crippen LogP contribution in [0.3, 0.4) is 0 Å². The van der Waals surface area contributed by atoms with Gasteiger partial charge < -0.3 is 9.47 Å². The smallest absolute Gasteiger partial charge is 0.336 e. The van der Waals surface area contributed by atoms with Gasteiger partial charge in [0.15, 0.2) is 11.5 Å². The monoisotopic (exact) mass is 450 g/mol. The highest BCUT2D eigenvalue weighted by molar-refractivity contribution is 7.89. The number of carbonyl (C=O) groups is 1. The largest absolute Gasteiger partial charge is 0.493 e. The first-order chi connectivity index (χ1) is 15.4. The molecular formula is C24H22N2O5S. The number of nitrogens with one attached hydrogen (secondary N) is 1. The van der Waals surface area contributed by atoms with Crippen LogP contribution in [0.1, 0.15) is 16.7 Å². The fourth-order valence-corrected chi connectivity index (χ4v) is 3.45. The van der Waals surface area contributed by atoms with E-state index in [1.54, 1.807) is 36.4 Å². The second-order valence-corrected chi connectivity index (χ2v) is 8.40. The molecule has 32 heavy (non-hydrogen) atoms. The molecule has 3 aromatic rings. The van der Waals surface area contributed by atoms with Gasteiger partial charge in [0.25, 0.3) is 10.0 Å². The first-order valence-electron chi connectivity index (χ1n) is 9.62. The normalized spacial score (nSPS) is 11.6. The van der Waals surface area contributed by atoms with E-state index in [9.17, 15) is 13.2 Å². The summed E-state index contributed by atoms with van der Waals surface area (Å²) in [5, 5.41) is 3.80. The Morgan fingerprint density at radius 2 is 1.66 bits per heavy atom. The van der Waals surface area contributed by atoms with E-state index in [-0.39, 0.29) is 10.6 Å². The van der Waals surface area contributed by atoms with Crippen LogP contribution in [-0.4, -0.2) is 27.7 Å². The predicted molar refractivity (Wildman–Crippen MR) is 123 cm³/mol. The fourth-order valence-electron chi connectivity index (χ4n) is 2.66. The first kappa shape index (κ1) is 22.8. The zero-order valence-corrected chi connectivity index (χ0v) is 18.4. The molecule has 3 aromatic carbocycles. The summed E-state index contributed by atoms with van der Waals surface area (Å²) < 4.78 is 35.2. The number of hydrazone groups is 1. The number of rotatable bonds is 8. The van der Waals surface area contributed by atoms with E-state index in [1.807, 2.05) is 37.3 Å². The number of nitrogens with zero attached hydrogens (tertiary/aromatic N) is 1. The van der Waals surface area contributed by atoms with Crippen molar-refractivity contribution < 1.29 is 22.7 Å². The van der Waals surface area contributed by atoms with Crippen LogP contribution >= 0.6 is 0 Å². The Hall–Kier alpha value is -3.91. The van der Waals surface area contributed by atoms with E-state index in [4.69, 9.17) is 9.47 Å². The third kappa shape index (κ3) is 6.29. The predicted octanol–water partition coefficient (Wildman–Crippen LogP) is 3.93. The number of hydrogen-bond donors (Lipinski definition) is 1. The number of sulfonamides is 1. The third-order valence-corrected chi connectivity index (χ3v) is 5.57. The summed E-state index contributed by atoms with van der Waals surface area (Å²) in [6, 6.07) is 20.5. The Morgan fingerprint density at radius 1 is 0.938 bits per heavy atom. The molecule has 0 saturated heterocycles. The summed E-state index contributed by atoms with van der Waals surface area (Å²) >= 11 is 0. The van der Waals surface area contributed by atoms with E-state index in [1.165, 1.54) is 31.5 Å². The fraction of sp³-hybridized carbons (Fsp3) is 0.0833. The molecule has 0 spiro atoms. The van der Waals surface area contributed by atoms with Crippen molar-refractivity contribution in [1.29, 1.82) is 0 Å². The lowest BCUT2D eigenvalue weighted by Crippen LogP contribution is -2.18. The summed E-state index contributed by atoms with van der Waals surface area (Å²) in [6.07, 6.45) is 4.30. The molecule has 7 nitrogen and oxygen atoms in total. The average molecular weight is 451 g/mol. The maximum Gasteiger partial charge on any atom is 0.336 e. The van der Waals surface area contributed by atoms with Crippen LogP contribution in [0.4, 0.5) is 0 Å². The van der Waals surface area contributed by atoms with E-state index in [0.717, 1.165) is 11.1 Å². The Kier molecular flexibility index (Phi) is 7.41. The molecule has 0 fully saturated rings. The number of methoxy groups -OCH3 is 1. The van der Waals surface area contributed by atoms with Gasteiger partial charge in [-0.25, -0.2) is 9.63 Å². The lowest BCUT2D eigenvalue weighted by Gasteiger charge is -2.08. The summed E-state index contributed by atoms with van der Waals surface area (Å²) in [5.41, 5.74) is 2.38. The lowest BCUT2D eigenvalue weighted by molar-refractivity contribution is -0.129. The van der Waals surface area contributed by atoms with E-state index >= 15 is 0 Å². The van der Waals surface area contributed by atoms with Gasteiger partial charge in [-0.05, 0) is 54.5 Å². The van der Waals surface area contributed by atoms with Crippen molar-refractivity contribution in [2.24, 2.45) is 5.10 Å². The Balaban J connectivity index is 1.66. The molecule has 0 aromatic heterocycles. The second-order valence-electron chi connectivity index (χ2n) is 6.74. The van der Waals surface area contributed by atoms with Crippen molar-refractivity contribution in [3.05, 3.63) is 95.6 Å². The molecule has 0 aliphatic rings. The Bertz CT molecular complexity index is 1240. The molecule has 0 heterocycles. The SMILES string of the molecule is COc1cc(/C=N\NS(=O)(=O)c2ccc(C)cc2)ccc1OC(=O)/C=C/c1ccccc1. The number of esters is 1. The molecule has 164 valence electrons. The molecule has 3 rings (SSSR count). The highest BCUT2D eigenvalue weighted by atomic mass is 32.2. The van der Waals surface area contributed by atoms with Crippen LogP contribution < -0.4 is 14.3 Å². The minimum absolute atomic E-state index is 0.114. The second kappa shape index (κ2) is 10.4. The number of aryl methyl sites for hydroxylation is 1. The van der Waals surface area contributed by atoms with Crippen molar-refractivity contribution >= 4 is 28.3 Å². The van der Waals surface area contributed by atoms with E-state index < -0.39 is 16.0 Å². The van der Waals surface area contributed by atoms with Gasteiger partial charge in [0.2, 0.25) is 0 Å². The number of ether oxygens (including phenoxy) is 2. The van der Waals surface area contributed by atoms with Crippen molar-refractivity contribution in [3.8, 4) is 11.5 Å². The van der Waals surface area contributed by atoms with Gasteiger partial charge in [0.1, 0.15) is 0 Å². The van der Waals surface area contributed by atoms with Crippen molar-refractivity contribution in [3.63, 3.8) is 0 Å². The van der Waals surface area contributed by atoms with Crippen molar-refractivity contribution in [2.45, 2.75) is 11.8 Å². The van der Waals surface area contributed by atoms with Gasteiger partial charge in [0, 0.05) is 6.08 Å². The first-order valence-corrected chi connectivity index (χ1v) is 11.1. The van der Waals surface area contributed by atoms with Crippen LogP contribution in [0, 0.1) is 6.92 Å². The Labute approximate surface area is 187 Å². The molecule has 0 bridgehead atoms. The molecule has 0 unspecified atom stereocenters. The summed E-state index contributed by atoms with van der Waals surface area (Å²) in [6.45, 7) is 1.87. The maximum atomic E-state index is 12.3. The Morgan fingerprint density at radius 3 is 2.34 bits per heavy atom. The van der Waals surface area contributed by atoms with Gasteiger partial charge in [-0.15, -0.1) is 0 Å². The third-order valence-electron chi connectivity index (χ3n) is 4.33. The zero-order chi connectivity index (χ0) is 23.0. The van der Waals surface area contributed by atoms with Crippen LogP contribution in [0.15, 0.2) is 88.9 Å². The molecule has 1 N–H and O–H groups in total.